The Labute approximate surface area is 148 Å². The number of benzene rings is 1. The van der Waals surface area contributed by atoms with E-state index in [0.717, 1.165) is 29.5 Å². The first-order chi connectivity index (χ1) is 12.3. The van der Waals surface area contributed by atoms with E-state index < -0.39 is 23.6 Å². The first-order valence-corrected chi connectivity index (χ1v) is 7.96. The van der Waals surface area contributed by atoms with Gasteiger partial charge in [0.2, 0.25) is 5.95 Å². The molecule has 2 heterocycles. The molecular weight excluding hydrogens is 372 g/mol. The molecule has 0 radical (unpaired) electrons. The number of alkyl halides is 3. The second-order valence-electron chi connectivity index (χ2n) is 5.05. The van der Waals surface area contributed by atoms with Crippen LogP contribution in [0.5, 0.6) is 0 Å². The first-order valence-electron chi connectivity index (χ1n) is 7.14. The largest absolute Gasteiger partial charge is 0.416 e. The lowest BCUT2D eigenvalue weighted by molar-refractivity contribution is -0.137. The number of nitrogens with zero attached hydrogens (tertiary/aromatic N) is 2. The molecular formula is C16H10F4N4OS. The summed E-state index contributed by atoms with van der Waals surface area (Å²) in [6.45, 7) is 0. The fraction of sp³-hybridized carbons (Fsp3) is 0.0625. The highest BCUT2D eigenvalue weighted by Gasteiger charge is 2.30. The van der Waals surface area contributed by atoms with Crippen LogP contribution in [0.4, 0.5) is 23.2 Å². The molecule has 1 aromatic carbocycles. The number of nitrogens with one attached hydrogen (secondary N) is 2. The summed E-state index contributed by atoms with van der Waals surface area (Å²) < 4.78 is 50.5. The fourth-order valence-electron chi connectivity index (χ4n) is 1.95. The van der Waals surface area contributed by atoms with Crippen LogP contribution < -0.4 is 10.9 Å². The zero-order valence-electron chi connectivity index (χ0n) is 12.8. The Morgan fingerprint density at radius 2 is 1.73 bits per heavy atom. The van der Waals surface area contributed by atoms with Crippen LogP contribution in [0.1, 0.15) is 15.2 Å². The SMILES string of the molecule is O=C(NNc1ccc(F)nc1)c1cnc(-c2ccc(C(F)(F)F)cc2)s1. The quantitative estimate of drug-likeness (QED) is 0.405. The zero-order chi connectivity index (χ0) is 18.7. The summed E-state index contributed by atoms with van der Waals surface area (Å²) in [5.41, 5.74) is 5.06. The molecule has 3 rings (SSSR count). The number of hydrazine groups is 1. The van der Waals surface area contributed by atoms with Crippen LogP contribution in [0.15, 0.2) is 48.8 Å². The molecule has 0 bridgehead atoms. The number of thiazole rings is 1. The lowest BCUT2D eigenvalue weighted by atomic mass is 10.1. The van der Waals surface area contributed by atoms with Crippen LogP contribution >= 0.6 is 11.3 Å². The predicted molar refractivity (Wildman–Crippen MR) is 87.8 cm³/mol. The monoisotopic (exact) mass is 382 g/mol. The molecule has 0 aliphatic rings. The van der Waals surface area contributed by atoms with Crippen molar-refractivity contribution >= 4 is 22.9 Å². The molecule has 0 saturated heterocycles. The molecule has 3 aromatic rings. The van der Waals surface area contributed by atoms with Crippen molar-refractivity contribution in [2.45, 2.75) is 6.18 Å². The molecule has 1 amide bonds. The summed E-state index contributed by atoms with van der Waals surface area (Å²) in [4.78, 5) is 19.8. The van der Waals surface area contributed by atoms with E-state index in [1.807, 2.05) is 0 Å². The minimum atomic E-state index is -4.41. The predicted octanol–water partition coefficient (Wildman–Crippen LogP) is 4.12. The smallest absolute Gasteiger partial charge is 0.297 e. The van der Waals surface area contributed by atoms with E-state index in [0.29, 0.717) is 16.3 Å². The van der Waals surface area contributed by atoms with E-state index in [1.54, 1.807) is 0 Å². The first kappa shape index (κ1) is 17.8. The summed E-state index contributed by atoms with van der Waals surface area (Å²) in [6.07, 6.45) is -1.89. The van der Waals surface area contributed by atoms with Gasteiger partial charge in [0.05, 0.1) is 23.6 Å². The number of carbonyl (C=O) groups is 1. The van der Waals surface area contributed by atoms with Gasteiger partial charge in [0, 0.05) is 5.56 Å². The number of carbonyl (C=O) groups excluding carboxylic acids is 1. The van der Waals surface area contributed by atoms with Gasteiger partial charge < -0.3 is 0 Å². The Kier molecular flexibility index (Phi) is 4.85. The maximum Gasteiger partial charge on any atom is 0.416 e. The van der Waals surface area contributed by atoms with Crippen molar-refractivity contribution in [2.24, 2.45) is 0 Å². The molecule has 10 heteroatoms. The van der Waals surface area contributed by atoms with Gasteiger partial charge in [0.15, 0.2) is 0 Å². The van der Waals surface area contributed by atoms with Gasteiger partial charge in [-0.3, -0.25) is 15.6 Å². The third-order valence-corrected chi connectivity index (χ3v) is 4.28. The topological polar surface area (TPSA) is 66.9 Å². The highest BCUT2D eigenvalue weighted by atomic mass is 32.1. The second-order valence-corrected chi connectivity index (χ2v) is 6.08. The maximum absolute atomic E-state index is 12.7. The van der Waals surface area contributed by atoms with Gasteiger partial charge >= 0.3 is 6.18 Å². The van der Waals surface area contributed by atoms with E-state index in [4.69, 9.17) is 0 Å². The van der Waals surface area contributed by atoms with Crippen molar-refractivity contribution in [1.29, 1.82) is 0 Å². The van der Waals surface area contributed by atoms with Crippen molar-refractivity contribution < 1.29 is 22.4 Å². The molecule has 0 saturated carbocycles. The lowest BCUT2D eigenvalue weighted by Crippen LogP contribution is -2.28. The average Bonchev–Trinajstić information content (AvgIpc) is 3.10. The number of amides is 1. The Hall–Kier alpha value is -3.01. The fourth-order valence-corrected chi connectivity index (χ4v) is 2.77. The molecule has 5 nitrogen and oxygen atoms in total. The summed E-state index contributed by atoms with van der Waals surface area (Å²) in [5.74, 6) is -1.14. The summed E-state index contributed by atoms with van der Waals surface area (Å²) in [6, 6.07) is 7.03. The molecule has 0 fully saturated rings. The van der Waals surface area contributed by atoms with Gasteiger partial charge in [0.25, 0.3) is 5.91 Å². The number of rotatable bonds is 4. The number of halogens is 4. The minimum Gasteiger partial charge on any atom is -0.297 e. The lowest BCUT2D eigenvalue weighted by Gasteiger charge is -2.06. The van der Waals surface area contributed by atoms with Crippen molar-refractivity contribution in [3.63, 3.8) is 0 Å². The zero-order valence-corrected chi connectivity index (χ0v) is 13.7. The minimum absolute atomic E-state index is 0.252. The molecule has 2 aromatic heterocycles. The van der Waals surface area contributed by atoms with E-state index in [9.17, 15) is 22.4 Å². The number of aromatic nitrogens is 2. The third kappa shape index (κ3) is 4.14. The highest BCUT2D eigenvalue weighted by molar-refractivity contribution is 7.16. The van der Waals surface area contributed by atoms with Crippen LogP contribution in [0.25, 0.3) is 10.6 Å². The van der Waals surface area contributed by atoms with E-state index >= 15 is 0 Å². The average molecular weight is 382 g/mol. The standard InChI is InChI=1S/C16H10F4N4OS/c17-13-6-5-11(7-21-13)23-24-14(25)12-8-22-15(26-12)9-1-3-10(4-2-9)16(18,19)20/h1-8,23H,(H,24,25). The van der Waals surface area contributed by atoms with Gasteiger partial charge in [-0.15, -0.1) is 11.3 Å². The van der Waals surface area contributed by atoms with Gasteiger partial charge in [-0.2, -0.15) is 17.6 Å². The van der Waals surface area contributed by atoms with Crippen molar-refractivity contribution in [3.05, 3.63) is 65.2 Å². The van der Waals surface area contributed by atoms with Gasteiger partial charge in [-0.1, -0.05) is 12.1 Å². The number of hydrogen-bond donors (Lipinski definition) is 2. The molecule has 2 N–H and O–H groups in total. The second kappa shape index (κ2) is 7.08. The molecule has 0 aliphatic carbocycles. The van der Waals surface area contributed by atoms with Gasteiger partial charge in [-0.05, 0) is 24.3 Å². The normalized spacial score (nSPS) is 11.2. The summed E-state index contributed by atoms with van der Waals surface area (Å²) in [7, 11) is 0. The highest BCUT2D eigenvalue weighted by Crippen LogP contribution is 2.32. The molecule has 26 heavy (non-hydrogen) atoms. The van der Waals surface area contributed by atoms with Gasteiger partial charge in [-0.25, -0.2) is 9.97 Å². The van der Waals surface area contributed by atoms with E-state index in [-0.39, 0.29) is 4.88 Å². The molecule has 0 atom stereocenters. The van der Waals surface area contributed by atoms with Gasteiger partial charge in [0.1, 0.15) is 9.88 Å². The Morgan fingerprint density at radius 1 is 1.00 bits per heavy atom. The van der Waals surface area contributed by atoms with Crippen LogP contribution in [0.3, 0.4) is 0 Å². The van der Waals surface area contributed by atoms with Crippen LogP contribution in [0.2, 0.25) is 0 Å². The molecule has 134 valence electrons. The van der Waals surface area contributed by atoms with Crippen molar-refractivity contribution in [1.82, 2.24) is 15.4 Å². The van der Waals surface area contributed by atoms with Crippen LogP contribution in [-0.2, 0) is 6.18 Å². The Bertz CT molecular complexity index is 907. The third-order valence-electron chi connectivity index (χ3n) is 3.24. The van der Waals surface area contributed by atoms with Crippen molar-refractivity contribution in [3.8, 4) is 10.6 Å². The molecule has 0 unspecified atom stereocenters. The maximum atomic E-state index is 12.7. The van der Waals surface area contributed by atoms with E-state index in [1.165, 1.54) is 30.6 Å². The Balaban J connectivity index is 1.67. The van der Waals surface area contributed by atoms with Crippen LogP contribution in [0, 0.1) is 5.95 Å². The summed E-state index contributed by atoms with van der Waals surface area (Å²) >= 11 is 1.02. The van der Waals surface area contributed by atoms with E-state index in [2.05, 4.69) is 20.8 Å². The summed E-state index contributed by atoms with van der Waals surface area (Å²) in [5, 5.41) is 0.410. The number of anilines is 1. The number of pyridine rings is 1. The molecule has 0 aliphatic heterocycles. The Morgan fingerprint density at radius 3 is 2.35 bits per heavy atom. The number of hydrogen-bond acceptors (Lipinski definition) is 5. The van der Waals surface area contributed by atoms with Crippen LogP contribution in [-0.4, -0.2) is 15.9 Å². The van der Waals surface area contributed by atoms with Crippen molar-refractivity contribution in [2.75, 3.05) is 5.43 Å². The molecule has 0 spiro atoms.